The zero-order chi connectivity index (χ0) is 13.9. The molecule has 1 N–H and O–H groups in total. The summed E-state index contributed by atoms with van der Waals surface area (Å²) in [7, 11) is 2.94. The first-order chi connectivity index (χ1) is 8.22. The molecule has 0 saturated heterocycles. The molecule has 0 aliphatic heterocycles. The van der Waals surface area contributed by atoms with Gasteiger partial charge in [0.1, 0.15) is 15.7 Å². The van der Waals surface area contributed by atoms with Crippen LogP contribution in [-0.4, -0.2) is 50.8 Å². The van der Waals surface area contributed by atoms with E-state index in [4.69, 9.17) is 0 Å². The zero-order valence-corrected chi connectivity index (χ0v) is 12.5. The predicted octanol–water partition coefficient (Wildman–Crippen LogP) is -0.0713. The molecule has 0 amide bonds. The minimum atomic E-state index is -2.90. The van der Waals surface area contributed by atoms with Gasteiger partial charge in [0.25, 0.3) is 0 Å². The summed E-state index contributed by atoms with van der Waals surface area (Å²) in [6, 6.07) is 0. The summed E-state index contributed by atoms with van der Waals surface area (Å²) < 4.78 is 23.9. The Kier molecular flexibility index (Phi) is 4.75. The second-order valence-corrected chi connectivity index (χ2v) is 6.97. The Hall–Kier alpha value is -1.08. The lowest BCUT2D eigenvalue weighted by atomic mass is 10.2. The highest BCUT2D eigenvalue weighted by atomic mass is 32.2. The van der Waals surface area contributed by atoms with Gasteiger partial charge in [-0.05, 0) is 6.92 Å². The molecule has 1 aromatic heterocycles. The SMILES string of the molecule is Cc1nn(C)c(N(C)C)c1CNCCS(C)(=O)=O. The van der Waals surface area contributed by atoms with Crippen molar-refractivity contribution >= 4 is 15.7 Å². The van der Waals surface area contributed by atoms with Gasteiger partial charge in [0.05, 0.1) is 11.4 Å². The molecule has 0 aliphatic rings. The summed E-state index contributed by atoms with van der Waals surface area (Å²) in [5.41, 5.74) is 2.07. The highest BCUT2D eigenvalue weighted by Crippen LogP contribution is 2.20. The molecule has 0 atom stereocenters. The van der Waals surface area contributed by atoms with E-state index in [1.165, 1.54) is 6.26 Å². The number of aromatic nitrogens is 2. The number of sulfone groups is 1. The van der Waals surface area contributed by atoms with E-state index >= 15 is 0 Å². The van der Waals surface area contributed by atoms with Gasteiger partial charge >= 0.3 is 0 Å². The monoisotopic (exact) mass is 274 g/mol. The third kappa shape index (κ3) is 3.99. The van der Waals surface area contributed by atoms with Crippen LogP contribution in [0.2, 0.25) is 0 Å². The summed E-state index contributed by atoms with van der Waals surface area (Å²) in [6.07, 6.45) is 1.25. The van der Waals surface area contributed by atoms with Crippen molar-refractivity contribution in [3.8, 4) is 0 Å². The zero-order valence-electron chi connectivity index (χ0n) is 11.7. The number of hydrogen-bond acceptors (Lipinski definition) is 5. The fraction of sp³-hybridized carbons (Fsp3) is 0.727. The number of hydrogen-bond donors (Lipinski definition) is 1. The standard InChI is InChI=1S/C11H22N4O2S/c1-9-10(8-12-6-7-18(5,16)17)11(14(2)3)15(4)13-9/h12H,6-8H2,1-5H3. The Morgan fingerprint density at radius 3 is 2.50 bits per heavy atom. The fourth-order valence-electron chi connectivity index (χ4n) is 1.93. The molecule has 1 heterocycles. The van der Waals surface area contributed by atoms with E-state index in [-0.39, 0.29) is 5.75 Å². The van der Waals surface area contributed by atoms with Crippen LogP contribution in [0, 0.1) is 6.92 Å². The van der Waals surface area contributed by atoms with Crippen LogP contribution in [0.5, 0.6) is 0 Å². The lowest BCUT2D eigenvalue weighted by molar-refractivity contribution is 0.596. The smallest absolute Gasteiger partial charge is 0.148 e. The van der Waals surface area contributed by atoms with Crippen molar-refractivity contribution in [3.05, 3.63) is 11.3 Å². The number of nitrogens with zero attached hydrogens (tertiary/aromatic N) is 3. The normalized spacial score (nSPS) is 11.8. The second-order valence-electron chi connectivity index (χ2n) is 4.71. The van der Waals surface area contributed by atoms with Crippen LogP contribution >= 0.6 is 0 Å². The van der Waals surface area contributed by atoms with Crippen LogP contribution in [0.3, 0.4) is 0 Å². The average Bonchev–Trinajstić information content (AvgIpc) is 2.46. The molecule has 18 heavy (non-hydrogen) atoms. The van der Waals surface area contributed by atoms with Gasteiger partial charge < -0.3 is 10.2 Å². The molecule has 104 valence electrons. The van der Waals surface area contributed by atoms with E-state index in [0.717, 1.165) is 17.1 Å². The number of anilines is 1. The third-order valence-electron chi connectivity index (χ3n) is 2.69. The molecule has 0 bridgehead atoms. The average molecular weight is 274 g/mol. The quantitative estimate of drug-likeness (QED) is 0.736. The van der Waals surface area contributed by atoms with Gasteiger partial charge in [-0.15, -0.1) is 0 Å². The summed E-state index contributed by atoms with van der Waals surface area (Å²) in [5, 5.41) is 7.53. The van der Waals surface area contributed by atoms with Crippen LogP contribution in [0.4, 0.5) is 5.82 Å². The summed E-state index contributed by atoms with van der Waals surface area (Å²) in [6.45, 7) is 3.04. The molecule has 0 spiro atoms. The van der Waals surface area contributed by atoms with Crippen molar-refractivity contribution in [1.29, 1.82) is 0 Å². The summed E-state index contributed by atoms with van der Waals surface area (Å²) >= 11 is 0. The van der Waals surface area contributed by atoms with Gasteiger partial charge in [-0.25, -0.2) is 8.42 Å². The number of nitrogens with one attached hydrogen (secondary N) is 1. The molecule has 7 heteroatoms. The van der Waals surface area contributed by atoms with Crippen molar-refractivity contribution in [2.45, 2.75) is 13.5 Å². The molecule has 0 aromatic carbocycles. The van der Waals surface area contributed by atoms with Gasteiger partial charge in [-0.2, -0.15) is 5.10 Å². The van der Waals surface area contributed by atoms with E-state index in [0.29, 0.717) is 13.1 Å². The van der Waals surface area contributed by atoms with Crippen molar-refractivity contribution in [2.24, 2.45) is 7.05 Å². The first-order valence-corrected chi connectivity index (χ1v) is 7.86. The largest absolute Gasteiger partial charge is 0.363 e. The molecule has 0 saturated carbocycles. The van der Waals surface area contributed by atoms with Gasteiger partial charge in [-0.3, -0.25) is 4.68 Å². The molecular formula is C11H22N4O2S. The summed E-state index contributed by atoms with van der Waals surface area (Å²) in [5.74, 6) is 1.20. The topological polar surface area (TPSA) is 67.2 Å². The number of aryl methyl sites for hydroxylation is 2. The second kappa shape index (κ2) is 5.71. The predicted molar refractivity (Wildman–Crippen MR) is 73.7 cm³/mol. The Bertz CT molecular complexity index is 505. The minimum absolute atomic E-state index is 0.156. The highest BCUT2D eigenvalue weighted by Gasteiger charge is 2.14. The van der Waals surface area contributed by atoms with Gasteiger partial charge in [-0.1, -0.05) is 0 Å². The van der Waals surface area contributed by atoms with Gasteiger partial charge in [0.2, 0.25) is 0 Å². The molecule has 0 aliphatic carbocycles. The van der Waals surface area contributed by atoms with Crippen LogP contribution < -0.4 is 10.2 Å². The van der Waals surface area contributed by atoms with Crippen molar-refractivity contribution < 1.29 is 8.42 Å². The first kappa shape index (κ1) is 15.0. The Labute approximate surface area is 109 Å². The summed E-state index contributed by atoms with van der Waals surface area (Å²) in [4.78, 5) is 2.01. The maximum Gasteiger partial charge on any atom is 0.148 e. The van der Waals surface area contributed by atoms with Crippen LogP contribution in [0.1, 0.15) is 11.3 Å². The minimum Gasteiger partial charge on any atom is -0.363 e. The van der Waals surface area contributed by atoms with Gasteiger partial charge in [0.15, 0.2) is 0 Å². The molecular weight excluding hydrogens is 252 g/mol. The molecule has 0 unspecified atom stereocenters. The van der Waals surface area contributed by atoms with E-state index in [1.807, 2.05) is 37.6 Å². The Morgan fingerprint density at radius 1 is 1.39 bits per heavy atom. The fourth-order valence-corrected chi connectivity index (χ4v) is 2.44. The Balaban J connectivity index is 2.67. The maximum absolute atomic E-state index is 11.0. The van der Waals surface area contributed by atoms with Crippen molar-refractivity contribution in [3.63, 3.8) is 0 Å². The molecule has 1 aromatic rings. The number of rotatable bonds is 6. The highest BCUT2D eigenvalue weighted by molar-refractivity contribution is 7.90. The van der Waals surface area contributed by atoms with Crippen LogP contribution in [0.25, 0.3) is 0 Å². The van der Waals surface area contributed by atoms with Gasteiger partial charge in [0, 0.05) is 46.1 Å². The molecule has 6 nitrogen and oxygen atoms in total. The lowest BCUT2D eigenvalue weighted by Gasteiger charge is -2.15. The van der Waals surface area contributed by atoms with Crippen molar-refractivity contribution in [1.82, 2.24) is 15.1 Å². The third-order valence-corrected chi connectivity index (χ3v) is 3.63. The molecule has 0 radical (unpaired) electrons. The van der Waals surface area contributed by atoms with Crippen LogP contribution in [0.15, 0.2) is 0 Å². The van der Waals surface area contributed by atoms with Crippen LogP contribution in [-0.2, 0) is 23.4 Å². The van der Waals surface area contributed by atoms with E-state index in [9.17, 15) is 8.42 Å². The maximum atomic E-state index is 11.0. The Morgan fingerprint density at radius 2 is 2.00 bits per heavy atom. The van der Waals surface area contributed by atoms with E-state index in [2.05, 4.69) is 10.4 Å². The van der Waals surface area contributed by atoms with Crippen molar-refractivity contribution in [2.75, 3.05) is 37.5 Å². The molecule has 0 fully saturated rings. The molecule has 1 rings (SSSR count). The van der Waals surface area contributed by atoms with E-state index in [1.54, 1.807) is 0 Å². The lowest BCUT2D eigenvalue weighted by Crippen LogP contribution is -2.23. The van der Waals surface area contributed by atoms with E-state index < -0.39 is 9.84 Å². The first-order valence-electron chi connectivity index (χ1n) is 5.80.